The molecule has 1 saturated heterocycles. The lowest BCUT2D eigenvalue weighted by atomic mass is 9.98. The molecule has 2 aliphatic rings. The van der Waals surface area contributed by atoms with Crippen molar-refractivity contribution < 1.29 is 14.3 Å². The molecule has 1 aromatic heterocycles. The van der Waals surface area contributed by atoms with Crippen LogP contribution in [-0.2, 0) is 6.54 Å². The molecule has 0 unspecified atom stereocenters. The number of hydrogen-bond acceptors (Lipinski definition) is 6. The van der Waals surface area contributed by atoms with Crippen molar-refractivity contribution in [3.63, 3.8) is 0 Å². The summed E-state index contributed by atoms with van der Waals surface area (Å²) in [6.07, 6.45) is 8.97. The lowest BCUT2D eigenvalue weighted by Gasteiger charge is -2.42. The van der Waals surface area contributed by atoms with Gasteiger partial charge in [0.15, 0.2) is 0 Å². The van der Waals surface area contributed by atoms with Crippen LogP contribution in [0.15, 0.2) is 54.9 Å². The molecule has 0 radical (unpaired) electrons. The number of likely N-dealkylation sites (tertiary alicyclic amines) is 1. The topological polar surface area (TPSA) is 86.8 Å². The molecule has 234 valence electrons. The van der Waals surface area contributed by atoms with Crippen LogP contribution < -0.4 is 20.3 Å². The normalized spacial score (nSPS) is 16.3. The lowest BCUT2D eigenvalue weighted by Crippen LogP contribution is -2.48. The van der Waals surface area contributed by atoms with Crippen molar-refractivity contribution in [2.45, 2.75) is 84.5 Å². The number of aromatic nitrogens is 1. The van der Waals surface area contributed by atoms with Crippen molar-refractivity contribution in [3.8, 4) is 5.75 Å². The first-order chi connectivity index (χ1) is 21.2. The third kappa shape index (κ3) is 7.78. The number of amides is 2. The molecule has 8 nitrogen and oxygen atoms in total. The Morgan fingerprint density at radius 2 is 1.66 bits per heavy atom. The van der Waals surface area contributed by atoms with Gasteiger partial charge in [0.1, 0.15) is 5.75 Å². The van der Waals surface area contributed by atoms with Gasteiger partial charge in [0.05, 0.1) is 7.11 Å². The summed E-state index contributed by atoms with van der Waals surface area (Å²) in [5.41, 5.74) is 6.67. The van der Waals surface area contributed by atoms with Crippen LogP contribution in [-0.4, -0.2) is 66.6 Å². The van der Waals surface area contributed by atoms with Gasteiger partial charge in [-0.05, 0) is 125 Å². The minimum absolute atomic E-state index is 0.0532. The number of carbonyl (C=O) groups is 2. The Hall–Kier alpha value is -3.91. The summed E-state index contributed by atoms with van der Waals surface area (Å²) < 4.78 is 5.41. The van der Waals surface area contributed by atoms with E-state index in [0.29, 0.717) is 35.8 Å². The Kier molecular flexibility index (Phi) is 10.2. The lowest BCUT2D eigenvalue weighted by molar-refractivity contribution is 0.0934. The van der Waals surface area contributed by atoms with Gasteiger partial charge in [-0.2, -0.15) is 0 Å². The molecule has 2 heterocycles. The summed E-state index contributed by atoms with van der Waals surface area (Å²) in [5.74, 6) is 0.740. The number of carbonyl (C=O) groups excluding carboxylic acids is 2. The molecule has 8 heteroatoms. The van der Waals surface area contributed by atoms with E-state index in [-0.39, 0.29) is 11.8 Å². The van der Waals surface area contributed by atoms with Crippen LogP contribution in [0.4, 0.5) is 5.69 Å². The maximum atomic E-state index is 13.1. The van der Waals surface area contributed by atoms with Gasteiger partial charge < -0.3 is 25.2 Å². The van der Waals surface area contributed by atoms with E-state index < -0.39 is 0 Å². The molecule has 2 fully saturated rings. The summed E-state index contributed by atoms with van der Waals surface area (Å²) >= 11 is 0. The Morgan fingerprint density at radius 1 is 0.977 bits per heavy atom. The highest BCUT2D eigenvalue weighted by Gasteiger charge is 2.28. The second-order valence-electron chi connectivity index (χ2n) is 12.5. The molecule has 2 amide bonds. The molecular formula is C36H47N5O3. The Labute approximate surface area is 262 Å². The van der Waals surface area contributed by atoms with E-state index in [1.165, 1.54) is 16.8 Å². The predicted molar refractivity (Wildman–Crippen MR) is 176 cm³/mol. The number of rotatable bonds is 12. The van der Waals surface area contributed by atoms with Gasteiger partial charge in [0.25, 0.3) is 11.8 Å². The number of aryl methyl sites for hydroxylation is 3. The van der Waals surface area contributed by atoms with Crippen LogP contribution in [0.1, 0.15) is 82.0 Å². The summed E-state index contributed by atoms with van der Waals surface area (Å²) in [4.78, 5) is 35.1. The summed E-state index contributed by atoms with van der Waals surface area (Å²) in [5, 5.41) is 6.17. The van der Waals surface area contributed by atoms with Gasteiger partial charge in [-0.25, -0.2) is 0 Å². The largest absolute Gasteiger partial charge is 0.497 e. The third-order valence-electron chi connectivity index (χ3n) is 9.24. The zero-order valence-electron chi connectivity index (χ0n) is 26.9. The molecule has 0 spiro atoms. The van der Waals surface area contributed by atoms with Crippen LogP contribution in [0.3, 0.4) is 0 Å². The Bertz CT molecular complexity index is 1420. The van der Waals surface area contributed by atoms with Crippen LogP contribution in [0.5, 0.6) is 5.75 Å². The zero-order valence-corrected chi connectivity index (χ0v) is 26.9. The fourth-order valence-corrected chi connectivity index (χ4v) is 6.30. The van der Waals surface area contributed by atoms with Crippen molar-refractivity contribution in [2.24, 2.45) is 0 Å². The molecule has 0 bridgehead atoms. The first kappa shape index (κ1) is 31.5. The first-order valence-corrected chi connectivity index (χ1v) is 16.0. The fraction of sp³-hybridized carbons (Fsp3) is 0.472. The van der Waals surface area contributed by atoms with E-state index in [0.717, 1.165) is 68.6 Å². The molecular weight excluding hydrogens is 550 g/mol. The second kappa shape index (κ2) is 14.2. The highest BCUT2D eigenvalue weighted by atomic mass is 16.5. The maximum Gasteiger partial charge on any atom is 0.251 e. The van der Waals surface area contributed by atoms with Crippen LogP contribution in [0, 0.1) is 20.8 Å². The van der Waals surface area contributed by atoms with Crippen LogP contribution in [0.2, 0.25) is 0 Å². The second-order valence-corrected chi connectivity index (χ2v) is 12.5. The number of piperidine rings is 1. The van der Waals surface area contributed by atoms with E-state index in [2.05, 4.69) is 57.5 Å². The summed E-state index contributed by atoms with van der Waals surface area (Å²) in [6, 6.07) is 15.2. The van der Waals surface area contributed by atoms with Crippen molar-refractivity contribution in [3.05, 3.63) is 88.2 Å². The van der Waals surface area contributed by atoms with Gasteiger partial charge in [-0.1, -0.05) is 0 Å². The highest BCUT2D eigenvalue weighted by molar-refractivity contribution is 6.00. The minimum atomic E-state index is -0.0686. The Balaban J connectivity index is 1.14. The average molecular weight is 598 g/mol. The van der Waals surface area contributed by atoms with Gasteiger partial charge in [0, 0.05) is 73.5 Å². The quantitative estimate of drug-likeness (QED) is 0.283. The van der Waals surface area contributed by atoms with Gasteiger partial charge in [-0.15, -0.1) is 0 Å². The van der Waals surface area contributed by atoms with E-state index >= 15 is 0 Å². The number of nitrogens with zero attached hydrogens (tertiary/aromatic N) is 3. The average Bonchev–Trinajstić information content (AvgIpc) is 3.84. The Morgan fingerprint density at radius 3 is 2.27 bits per heavy atom. The predicted octanol–water partition coefficient (Wildman–Crippen LogP) is 5.59. The van der Waals surface area contributed by atoms with Gasteiger partial charge in [0.2, 0.25) is 0 Å². The van der Waals surface area contributed by atoms with Gasteiger partial charge in [-0.3, -0.25) is 14.6 Å². The van der Waals surface area contributed by atoms with E-state index in [1.54, 1.807) is 7.11 Å². The van der Waals surface area contributed by atoms with Gasteiger partial charge >= 0.3 is 0 Å². The summed E-state index contributed by atoms with van der Waals surface area (Å²) in [6.45, 7) is 11.7. The first-order valence-electron chi connectivity index (χ1n) is 16.0. The monoisotopic (exact) mass is 597 g/mol. The van der Waals surface area contributed by atoms with Crippen molar-refractivity contribution >= 4 is 17.5 Å². The zero-order chi connectivity index (χ0) is 31.2. The molecule has 3 aromatic rings. The third-order valence-corrected chi connectivity index (χ3v) is 9.24. The molecule has 1 saturated carbocycles. The number of hydrogen-bond donors (Lipinski definition) is 2. The van der Waals surface area contributed by atoms with E-state index in [1.807, 2.05) is 50.5 Å². The van der Waals surface area contributed by atoms with Crippen molar-refractivity contribution in [2.75, 3.05) is 31.6 Å². The van der Waals surface area contributed by atoms with Crippen molar-refractivity contribution in [1.82, 2.24) is 20.5 Å². The maximum absolute atomic E-state index is 13.1. The number of benzene rings is 2. The van der Waals surface area contributed by atoms with E-state index in [9.17, 15) is 9.59 Å². The fourth-order valence-electron chi connectivity index (χ4n) is 6.30. The molecule has 1 aliphatic carbocycles. The van der Waals surface area contributed by atoms with Crippen molar-refractivity contribution in [1.29, 1.82) is 0 Å². The SMILES string of the molecule is COc1ccc(N(Cc2cnccc2C)C2CCN([C@H](C)CCNC(=O)c3c(C)cc(C(=O)NC4CC4)cc3C)CC2)cc1. The molecule has 1 aliphatic heterocycles. The number of ether oxygens (including phenoxy) is 1. The van der Waals surface area contributed by atoms with Crippen LogP contribution >= 0.6 is 0 Å². The summed E-state index contributed by atoms with van der Waals surface area (Å²) in [7, 11) is 1.70. The van der Waals surface area contributed by atoms with E-state index in [4.69, 9.17) is 4.74 Å². The molecule has 2 N–H and O–H groups in total. The number of methoxy groups -OCH3 is 1. The number of nitrogens with one attached hydrogen (secondary N) is 2. The molecule has 2 aromatic carbocycles. The molecule has 1 atom stereocenters. The number of anilines is 1. The minimum Gasteiger partial charge on any atom is -0.497 e. The molecule has 5 rings (SSSR count). The molecule has 44 heavy (non-hydrogen) atoms. The highest BCUT2D eigenvalue weighted by Crippen LogP contribution is 2.29. The standard InChI is InChI=1S/C36H47N5O3/c1-24-12-16-37-22-29(24)23-41(31-8-10-33(44-5)11-9-31)32-14-18-40(19-15-32)27(4)13-17-38-36(43)34-25(2)20-28(21-26(34)3)35(42)39-30-6-7-30/h8-12,16,20-22,27,30,32H,6-7,13-15,17-19,23H2,1-5H3,(H,38,43)(H,39,42)/t27-/m1/s1. The number of pyridine rings is 1. The smallest absolute Gasteiger partial charge is 0.251 e. The van der Waals surface area contributed by atoms with Crippen LogP contribution in [0.25, 0.3) is 0 Å².